The molecule has 0 bridgehead atoms. The summed E-state index contributed by atoms with van der Waals surface area (Å²) in [7, 11) is 5.22. The molecule has 11 heteroatoms. The van der Waals surface area contributed by atoms with Crippen LogP contribution in [-0.4, -0.2) is 67.5 Å². The van der Waals surface area contributed by atoms with E-state index < -0.39 is 17.5 Å². The van der Waals surface area contributed by atoms with Crippen LogP contribution in [0.4, 0.5) is 0 Å². The summed E-state index contributed by atoms with van der Waals surface area (Å²) in [6.07, 6.45) is 4.77. The molecule has 0 amide bonds. The molecule has 1 aliphatic rings. The molecule has 6 rings (SSSR count). The molecule has 0 aliphatic carbocycles. The van der Waals surface area contributed by atoms with Crippen LogP contribution in [0.15, 0.2) is 124 Å². The Morgan fingerprint density at radius 3 is 2.02 bits per heavy atom. The number of carbonyl (C=O) groups is 2. The zero-order valence-electron chi connectivity index (χ0n) is 30.2. The van der Waals surface area contributed by atoms with Crippen LogP contribution < -0.4 is 14.9 Å². The highest BCUT2D eigenvalue weighted by Crippen LogP contribution is 2.35. The number of benzene rings is 4. The van der Waals surface area contributed by atoms with E-state index in [1.165, 1.54) is 32.1 Å². The fourth-order valence-corrected chi connectivity index (χ4v) is 6.17. The van der Waals surface area contributed by atoms with E-state index >= 15 is 0 Å². The van der Waals surface area contributed by atoms with Gasteiger partial charge in [-0.25, -0.2) is 9.59 Å². The van der Waals surface area contributed by atoms with Crippen molar-refractivity contribution in [2.75, 3.05) is 34.4 Å². The van der Waals surface area contributed by atoms with Crippen molar-refractivity contribution in [1.29, 1.82) is 0 Å². The second-order valence-electron chi connectivity index (χ2n) is 12.3. The Balaban J connectivity index is 0.000000198. The van der Waals surface area contributed by atoms with Gasteiger partial charge in [-0.3, -0.25) is 4.79 Å². The topological polar surface area (TPSA) is 136 Å². The van der Waals surface area contributed by atoms with E-state index in [1.807, 2.05) is 48.5 Å². The number of likely N-dealkylation sites (tertiary alicyclic amines) is 1. The minimum atomic E-state index is -1.26. The second-order valence-corrected chi connectivity index (χ2v) is 12.8. The lowest BCUT2D eigenvalue weighted by Gasteiger charge is -2.32. The molecule has 4 aromatic carbocycles. The largest absolute Gasteiger partial charge is 0.493 e. The van der Waals surface area contributed by atoms with E-state index in [0.717, 1.165) is 29.2 Å². The van der Waals surface area contributed by atoms with Crippen molar-refractivity contribution >= 4 is 34.5 Å². The molecule has 0 saturated carbocycles. The molecular formula is C42H44ClNO9. The van der Waals surface area contributed by atoms with E-state index in [9.17, 15) is 14.4 Å². The van der Waals surface area contributed by atoms with E-state index in [1.54, 1.807) is 25.3 Å². The highest BCUT2D eigenvalue weighted by atomic mass is 35.5. The van der Waals surface area contributed by atoms with Gasteiger partial charge in [0.15, 0.2) is 17.1 Å². The molecule has 1 saturated heterocycles. The van der Waals surface area contributed by atoms with Crippen molar-refractivity contribution in [3.05, 3.63) is 142 Å². The van der Waals surface area contributed by atoms with Crippen LogP contribution in [0.5, 0.6) is 11.5 Å². The molecule has 1 fully saturated rings. The first-order chi connectivity index (χ1) is 25.5. The number of rotatable bonds is 11. The van der Waals surface area contributed by atoms with Crippen molar-refractivity contribution in [1.82, 2.24) is 4.90 Å². The highest BCUT2D eigenvalue weighted by molar-refractivity contribution is 6.30. The number of fused-ring (bicyclic) bond motifs is 1. The Morgan fingerprint density at radius 1 is 0.868 bits per heavy atom. The highest BCUT2D eigenvalue weighted by Gasteiger charge is 2.31. The van der Waals surface area contributed by atoms with Crippen molar-refractivity contribution in [2.24, 2.45) is 0 Å². The fraction of sp³-hybridized carbons (Fsp3) is 0.262. The number of carboxylic acid groups (broad SMARTS) is 2. The van der Waals surface area contributed by atoms with Gasteiger partial charge < -0.3 is 33.7 Å². The first-order valence-corrected chi connectivity index (χ1v) is 17.4. The lowest BCUT2D eigenvalue weighted by molar-refractivity contribution is -0.134. The predicted molar refractivity (Wildman–Crippen MR) is 206 cm³/mol. The molecule has 0 spiro atoms. The normalized spacial score (nSPS) is 15.1. The van der Waals surface area contributed by atoms with E-state index in [0.29, 0.717) is 40.7 Å². The smallest absolute Gasteiger partial charge is 0.328 e. The summed E-state index contributed by atoms with van der Waals surface area (Å²) >= 11 is 6.07. The zero-order chi connectivity index (χ0) is 38.4. The third kappa shape index (κ3) is 10.8. The van der Waals surface area contributed by atoms with Crippen molar-refractivity contribution in [3.8, 4) is 22.8 Å². The Morgan fingerprint density at radius 2 is 1.47 bits per heavy atom. The van der Waals surface area contributed by atoms with Gasteiger partial charge in [0.1, 0.15) is 5.60 Å². The van der Waals surface area contributed by atoms with Gasteiger partial charge in [0, 0.05) is 35.4 Å². The van der Waals surface area contributed by atoms with Gasteiger partial charge in [0.25, 0.3) is 0 Å². The maximum atomic E-state index is 12.6. The van der Waals surface area contributed by atoms with Gasteiger partial charge in [-0.1, -0.05) is 90.5 Å². The van der Waals surface area contributed by atoms with Crippen LogP contribution >= 0.6 is 11.6 Å². The minimum absolute atomic E-state index is 0.196. The number of para-hydroxylation sites is 1. The molecule has 5 aromatic rings. The van der Waals surface area contributed by atoms with E-state index in [2.05, 4.69) is 55.3 Å². The number of methoxy groups -OCH3 is 2. The van der Waals surface area contributed by atoms with E-state index in [4.69, 9.17) is 40.4 Å². The van der Waals surface area contributed by atoms with Crippen molar-refractivity contribution < 1.29 is 38.4 Å². The fourth-order valence-electron chi connectivity index (χ4n) is 6.04. The van der Waals surface area contributed by atoms with Gasteiger partial charge in [-0.05, 0) is 75.2 Å². The van der Waals surface area contributed by atoms with Gasteiger partial charge in [-0.2, -0.15) is 0 Å². The van der Waals surface area contributed by atoms with E-state index in [-0.39, 0.29) is 11.2 Å². The number of hydrogen-bond acceptors (Lipinski definition) is 8. The summed E-state index contributed by atoms with van der Waals surface area (Å²) in [4.78, 5) is 34.1. The average molecular weight is 742 g/mol. The number of carboxylic acids is 2. The quantitative estimate of drug-likeness (QED) is 0.127. The molecule has 2 unspecified atom stereocenters. The number of ether oxygens (including phenoxy) is 3. The molecule has 278 valence electrons. The Hall–Kier alpha value is -5.42. The zero-order valence-corrected chi connectivity index (χ0v) is 30.9. The van der Waals surface area contributed by atoms with Gasteiger partial charge >= 0.3 is 11.9 Å². The standard InChI is InChI=1S/C21H26ClNO.C17H14O4.C4H4O4/c1-21(17-7-4-3-5-8-17,18-10-12-19(22)13-11-18)24-16-14-20-9-6-15-23(20)2;1-19-13-10-6-9-12-14(18)17(20-2)15(21-16(12)13)11-7-4-3-5-8-11;5-3(6)1-2-4(7)8/h3-5,7-8,10-13,20H,6,9,14-16H2,1-2H3;3-10H,1-2H3;1-2H,(H,5,6)(H,7,8). The maximum Gasteiger partial charge on any atom is 0.328 e. The summed E-state index contributed by atoms with van der Waals surface area (Å²) in [5.74, 6) is -1.40. The lowest BCUT2D eigenvalue weighted by Crippen LogP contribution is -2.31. The van der Waals surface area contributed by atoms with Gasteiger partial charge in [0.05, 0.1) is 19.6 Å². The molecule has 1 aliphatic heterocycles. The Kier molecular flexibility index (Phi) is 14.8. The number of aliphatic carboxylic acids is 2. The van der Waals surface area contributed by atoms with Gasteiger partial charge in [-0.15, -0.1) is 0 Å². The first-order valence-electron chi connectivity index (χ1n) is 17.0. The number of hydrogen-bond donors (Lipinski definition) is 2. The van der Waals surface area contributed by atoms with Crippen LogP contribution in [0.3, 0.4) is 0 Å². The third-order valence-corrected chi connectivity index (χ3v) is 9.15. The van der Waals surface area contributed by atoms with Crippen LogP contribution in [0, 0.1) is 0 Å². The summed E-state index contributed by atoms with van der Waals surface area (Å²) in [6.45, 7) is 4.12. The Bertz CT molecular complexity index is 2020. The summed E-state index contributed by atoms with van der Waals surface area (Å²) in [5.41, 5.74) is 2.84. The molecule has 0 radical (unpaired) electrons. The molecule has 2 heterocycles. The van der Waals surface area contributed by atoms with Crippen LogP contribution in [-0.2, 0) is 19.9 Å². The molecule has 2 N–H and O–H groups in total. The van der Waals surface area contributed by atoms with Crippen LogP contribution in [0.25, 0.3) is 22.3 Å². The first kappa shape index (κ1) is 40.4. The minimum Gasteiger partial charge on any atom is -0.493 e. The molecule has 53 heavy (non-hydrogen) atoms. The SMILES string of the molecule is CN1CCCC1CCOC(C)(c1ccccc1)c1ccc(Cl)cc1.COc1c(-c2ccccc2)oc2c(OC)cccc2c1=O.O=C(O)C=CC(=O)O. The molecule has 10 nitrogen and oxygen atoms in total. The monoisotopic (exact) mass is 741 g/mol. The van der Waals surface area contributed by atoms with Gasteiger partial charge in [0.2, 0.25) is 11.2 Å². The number of nitrogens with zero attached hydrogens (tertiary/aromatic N) is 1. The van der Waals surface area contributed by atoms with Crippen LogP contribution in [0.2, 0.25) is 5.02 Å². The summed E-state index contributed by atoms with van der Waals surface area (Å²) in [6, 6.07) is 33.7. The molecular weight excluding hydrogens is 698 g/mol. The molecule has 2 atom stereocenters. The predicted octanol–water partition coefficient (Wildman–Crippen LogP) is 8.29. The maximum absolute atomic E-state index is 12.6. The summed E-state index contributed by atoms with van der Waals surface area (Å²) in [5, 5.41) is 16.8. The average Bonchev–Trinajstić information content (AvgIpc) is 3.59. The number of halogens is 1. The third-order valence-electron chi connectivity index (χ3n) is 8.90. The van der Waals surface area contributed by atoms with Crippen LogP contribution in [0.1, 0.15) is 37.3 Å². The van der Waals surface area contributed by atoms with Crippen molar-refractivity contribution in [3.63, 3.8) is 0 Å². The summed E-state index contributed by atoms with van der Waals surface area (Å²) < 4.78 is 22.9. The lowest BCUT2D eigenvalue weighted by atomic mass is 9.88. The Labute approximate surface area is 313 Å². The molecule has 1 aromatic heterocycles. The van der Waals surface area contributed by atoms with Crippen molar-refractivity contribution in [2.45, 2.75) is 37.8 Å². The second kappa shape index (κ2) is 19.4.